The zero-order valence-electron chi connectivity index (χ0n) is 17.3. The summed E-state index contributed by atoms with van der Waals surface area (Å²) >= 11 is 0. The van der Waals surface area contributed by atoms with Gasteiger partial charge in [-0.15, -0.1) is 0 Å². The molecule has 2 aromatic heterocycles. The standard InChI is InChI=1S/C23H20F3N3O2S/c1-14-8-16(12-28-22(14)24)15-6-7-20-17(11-27-2)13-29(21(20)9-15)32(30)19-5-3-4-18(10-19)31-23(25)26/h3-10,12-13,23,27H,11H2,1-2H3. The minimum atomic E-state index is -2.97. The van der Waals surface area contributed by atoms with Crippen LogP contribution in [0.5, 0.6) is 5.75 Å². The SMILES string of the molecule is CNCc1cn(S(=O)c2cccc(OC(F)F)c2)c2cc(-c3cnc(F)c(C)c3)ccc12. The summed E-state index contributed by atoms with van der Waals surface area (Å²) in [4.78, 5) is 4.11. The van der Waals surface area contributed by atoms with E-state index in [9.17, 15) is 17.4 Å². The molecule has 4 rings (SSSR count). The number of benzene rings is 2. The van der Waals surface area contributed by atoms with Crippen LogP contribution in [0.4, 0.5) is 13.2 Å². The smallest absolute Gasteiger partial charge is 0.387 e. The molecule has 9 heteroatoms. The average Bonchev–Trinajstić information content (AvgIpc) is 3.13. The van der Waals surface area contributed by atoms with Gasteiger partial charge in [0.1, 0.15) is 5.75 Å². The Bertz CT molecular complexity index is 1310. The van der Waals surface area contributed by atoms with Crippen molar-refractivity contribution in [3.05, 3.63) is 78.0 Å². The van der Waals surface area contributed by atoms with Crippen molar-refractivity contribution in [3.8, 4) is 16.9 Å². The zero-order valence-corrected chi connectivity index (χ0v) is 18.1. The predicted octanol–water partition coefficient (Wildman–Crippen LogP) is 5.04. The molecule has 0 aliphatic heterocycles. The molecule has 32 heavy (non-hydrogen) atoms. The Hall–Kier alpha value is -3.17. The highest BCUT2D eigenvalue weighted by atomic mass is 32.2. The van der Waals surface area contributed by atoms with Crippen molar-refractivity contribution in [1.82, 2.24) is 14.3 Å². The minimum absolute atomic E-state index is 0.0636. The van der Waals surface area contributed by atoms with Crippen LogP contribution in [0.25, 0.3) is 22.0 Å². The number of nitrogens with zero attached hydrogens (tertiary/aromatic N) is 2. The molecule has 0 bridgehead atoms. The Balaban J connectivity index is 1.82. The van der Waals surface area contributed by atoms with Crippen LogP contribution in [0.3, 0.4) is 0 Å². The molecule has 0 amide bonds. The molecule has 0 aliphatic carbocycles. The van der Waals surface area contributed by atoms with Crippen LogP contribution in [0, 0.1) is 12.9 Å². The number of nitrogens with one attached hydrogen (secondary N) is 1. The van der Waals surface area contributed by atoms with Crippen LogP contribution in [0.15, 0.2) is 65.8 Å². The van der Waals surface area contributed by atoms with Crippen LogP contribution >= 0.6 is 0 Å². The van der Waals surface area contributed by atoms with E-state index in [2.05, 4.69) is 15.0 Å². The molecule has 2 aromatic carbocycles. The van der Waals surface area contributed by atoms with Crippen molar-refractivity contribution < 1.29 is 22.1 Å². The maximum Gasteiger partial charge on any atom is 0.387 e. The summed E-state index contributed by atoms with van der Waals surface area (Å²) in [6.07, 6.45) is 3.23. The van der Waals surface area contributed by atoms with E-state index in [1.807, 2.05) is 25.2 Å². The normalized spacial score (nSPS) is 12.4. The van der Waals surface area contributed by atoms with E-state index in [1.165, 1.54) is 24.4 Å². The van der Waals surface area contributed by atoms with Gasteiger partial charge in [0, 0.05) is 35.5 Å². The van der Waals surface area contributed by atoms with Crippen molar-refractivity contribution in [2.45, 2.75) is 25.0 Å². The predicted molar refractivity (Wildman–Crippen MR) is 118 cm³/mol. The summed E-state index contributed by atoms with van der Waals surface area (Å²) in [6.45, 7) is -0.781. The van der Waals surface area contributed by atoms with Gasteiger partial charge in [-0.2, -0.15) is 13.2 Å². The number of hydrogen-bond donors (Lipinski definition) is 1. The Morgan fingerprint density at radius 2 is 1.97 bits per heavy atom. The van der Waals surface area contributed by atoms with Gasteiger partial charge in [-0.05, 0) is 55.4 Å². The van der Waals surface area contributed by atoms with Crippen molar-refractivity contribution >= 4 is 21.9 Å². The molecule has 166 valence electrons. The summed E-state index contributed by atoms with van der Waals surface area (Å²) < 4.78 is 58.2. The lowest BCUT2D eigenvalue weighted by Crippen LogP contribution is -2.06. The van der Waals surface area contributed by atoms with Gasteiger partial charge in [-0.1, -0.05) is 18.2 Å². The number of ether oxygens (including phenoxy) is 1. The number of fused-ring (bicyclic) bond motifs is 1. The molecule has 1 atom stereocenters. The Morgan fingerprint density at radius 3 is 2.69 bits per heavy atom. The van der Waals surface area contributed by atoms with E-state index in [1.54, 1.807) is 29.2 Å². The van der Waals surface area contributed by atoms with E-state index in [4.69, 9.17) is 0 Å². The van der Waals surface area contributed by atoms with Crippen LogP contribution in [0.2, 0.25) is 0 Å². The molecule has 0 saturated heterocycles. The number of aryl methyl sites for hydroxylation is 1. The van der Waals surface area contributed by atoms with Crippen LogP contribution in [-0.4, -0.2) is 26.8 Å². The van der Waals surface area contributed by atoms with Gasteiger partial charge in [-0.25, -0.2) is 9.19 Å². The molecular weight excluding hydrogens is 439 g/mol. The van der Waals surface area contributed by atoms with E-state index >= 15 is 0 Å². The Labute approximate surface area is 185 Å². The quantitative estimate of drug-likeness (QED) is 0.394. The molecule has 4 aromatic rings. The van der Waals surface area contributed by atoms with E-state index in [-0.39, 0.29) is 5.75 Å². The number of hydrogen-bond acceptors (Lipinski definition) is 4. The summed E-state index contributed by atoms with van der Waals surface area (Å²) in [5, 5.41) is 3.98. The average molecular weight is 459 g/mol. The van der Waals surface area contributed by atoms with E-state index < -0.39 is 23.5 Å². The number of alkyl halides is 2. The number of pyridine rings is 1. The Morgan fingerprint density at radius 1 is 1.16 bits per heavy atom. The molecule has 0 aliphatic rings. The fraction of sp³-hybridized carbons (Fsp3) is 0.174. The summed E-state index contributed by atoms with van der Waals surface area (Å²) in [5.41, 5.74) is 3.55. The number of aromatic nitrogens is 2. The first kappa shape index (κ1) is 22.0. The highest BCUT2D eigenvalue weighted by Crippen LogP contribution is 2.30. The molecule has 0 saturated carbocycles. The van der Waals surface area contributed by atoms with E-state index in [0.717, 1.165) is 22.1 Å². The number of halogens is 3. The second-order valence-electron chi connectivity index (χ2n) is 7.18. The first-order valence-corrected chi connectivity index (χ1v) is 10.9. The molecule has 0 radical (unpaired) electrons. The summed E-state index contributed by atoms with van der Waals surface area (Å²) in [5.74, 6) is -0.590. The lowest BCUT2D eigenvalue weighted by molar-refractivity contribution is -0.0499. The molecule has 0 spiro atoms. The fourth-order valence-electron chi connectivity index (χ4n) is 3.50. The second kappa shape index (κ2) is 9.13. The topological polar surface area (TPSA) is 56.2 Å². The van der Waals surface area contributed by atoms with E-state index in [0.29, 0.717) is 22.5 Å². The first-order valence-electron chi connectivity index (χ1n) is 9.75. The van der Waals surface area contributed by atoms with Gasteiger partial charge in [0.15, 0.2) is 11.0 Å². The van der Waals surface area contributed by atoms with Gasteiger partial charge in [-0.3, -0.25) is 3.97 Å². The molecule has 2 heterocycles. The maximum atomic E-state index is 13.6. The minimum Gasteiger partial charge on any atom is -0.435 e. The summed E-state index contributed by atoms with van der Waals surface area (Å²) in [7, 11) is 0.0985. The molecule has 1 unspecified atom stereocenters. The Kier molecular flexibility index (Phi) is 6.29. The van der Waals surface area contributed by atoms with Gasteiger partial charge in [0.05, 0.1) is 10.4 Å². The molecular formula is C23H20F3N3O2S. The van der Waals surface area contributed by atoms with Gasteiger partial charge in [0.2, 0.25) is 5.95 Å². The maximum absolute atomic E-state index is 13.6. The largest absolute Gasteiger partial charge is 0.435 e. The van der Waals surface area contributed by atoms with Crippen molar-refractivity contribution in [2.75, 3.05) is 7.05 Å². The zero-order chi connectivity index (χ0) is 22.8. The van der Waals surface area contributed by atoms with Crippen molar-refractivity contribution in [2.24, 2.45) is 0 Å². The lowest BCUT2D eigenvalue weighted by Gasteiger charge is -2.09. The lowest BCUT2D eigenvalue weighted by atomic mass is 10.0. The van der Waals surface area contributed by atoms with Gasteiger partial charge >= 0.3 is 6.61 Å². The third kappa shape index (κ3) is 4.39. The first-order chi connectivity index (χ1) is 15.4. The van der Waals surface area contributed by atoms with Gasteiger partial charge < -0.3 is 10.1 Å². The third-order valence-electron chi connectivity index (χ3n) is 4.98. The molecule has 1 N–H and O–H groups in total. The van der Waals surface area contributed by atoms with Crippen molar-refractivity contribution in [1.29, 1.82) is 0 Å². The number of rotatable bonds is 7. The van der Waals surface area contributed by atoms with Crippen molar-refractivity contribution in [3.63, 3.8) is 0 Å². The molecule has 5 nitrogen and oxygen atoms in total. The highest BCUT2D eigenvalue weighted by Gasteiger charge is 2.17. The summed E-state index contributed by atoms with van der Waals surface area (Å²) in [6, 6.07) is 13.2. The molecule has 0 fully saturated rings. The van der Waals surface area contributed by atoms with Gasteiger partial charge in [0.25, 0.3) is 0 Å². The fourth-order valence-corrected chi connectivity index (χ4v) is 4.69. The monoisotopic (exact) mass is 459 g/mol. The second-order valence-corrected chi connectivity index (χ2v) is 8.54. The van der Waals surface area contributed by atoms with Crippen LogP contribution < -0.4 is 10.1 Å². The van der Waals surface area contributed by atoms with Crippen LogP contribution in [-0.2, 0) is 17.5 Å². The highest BCUT2D eigenvalue weighted by molar-refractivity contribution is 7.83. The van der Waals surface area contributed by atoms with Crippen LogP contribution in [0.1, 0.15) is 11.1 Å². The third-order valence-corrected chi connectivity index (χ3v) is 6.30.